The largest absolute Gasteiger partial charge is 0.481 e. The van der Waals surface area contributed by atoms with E-state index in [0.717, 1.165) is 6.42 Å². The Labute approximate surface area is 80.2 Å². The second-order valence-electron chi connectivity index (χ2n) is 3.88. The third-order valence-electron chi connectivity index (χ3n) is 3.30. The summed E-state index contributed by atoms with van der Waals surface area (Å²) in [6, 6.07) is -0.485. The number of hydrogen-bond acceptors (Lipinski definition) is 3. The molecule has 2 rings (SSSR count). The maximum atomic E-state index is 10.8. The fourth-order valence-electron chi connectivity index (χ4n) is 2.68. The summed E-state index contributed by atoms with van der Waals surface area (Å²) in [5, 5.41) is 11.5. The number of halogens is 1. The first-order chi connectivity index (χ1) is 6.15. The molecule has 72 valence electrons. The molecule has 2 fully saturated rings. The molecule has 0 heterocycles. The van der Waals surface area contributed by atoms with Gasteiger partial charge in [0.2, 0.25) is 0 Å². The number of carbonyl (C=O) groups is 1. The lowest BCUT2D eigenvalue weighted by atomic mass is 9.85. The molecule has 5 heteroatoms. The van der Waals surface area contributed by atoms with Crippen molar-refractivity contribution in [3.63, 3.8) is 0 Å². The van der Waals surface area contributed by atoms with Crippen molar-refractivity contribution in [2.24, 2.45) is 22.9 Å². The molecule has 5 atom stereocenters. The molecule has 0 aromatic carbocycles. The molecule has 0 aromatic heterocycles. The number of carboxylic acids is 1. The predicted octanol–water partition coefficient (Wildman–Crippen LogP) is 1.47. The maximum absolute atomic E-state index is 10.8. The first-order valence-electron chi connectivity index (χ1n) is 4.34. The molecule has 0 aromatic rings. The van der Waals surface area contributed by atoms with Gasteiger partial charge >= 0.3 is 5.97 Å². The molecular formula is C8H10ClNO3. The zero-order valence-corrected chi connectivity index (χ0v) is 7.65. The third kappa shape index (κ3) is 1.15. The molecule has 2 bridgehead atoms. The van der Waals surface area contributed by atoms with E-state index in [0.29, 0.717) is 6.42 Å². The van der Waals surface area contributed by atoms with Crippen LogP contribution in [0, 0.1) is 22.7 Å². The van der Waals surface area contributed by atoms with E-state index in [-0.39, 0.29) is 17.2 Å². The summed E-state index contributed by atoms with van der Waals surface area (Å²) < 4.78 is 0. The number of nitroso groups, excluding NO2 is 1. The molecule has 4 nitrogen and oxygen atoms in total. The van der Waals surface area contributed by atoms with E-state index >= 15 is 0 Å². The van der Waals surface area contributed by atoms with Gasteiger partial charge in [0, 0.05) is 0 Å². The summed E-state index contributed by atoms with van der Waals surface area (Å²) >= 11 is 5.96. The summed E-state index contributed by atoms with van der Waals surface area (Å²) in [5.41, 5.74) is 0. The Hall–Kier alpha value is -0.640. The number of hydrogen-bond donors (Lipinski definition) is 1. The van der Waals surface area contributed by atoms with Crippen LogP contribution in [0.4, 0.5) is 0 Å². The van der Waals surface area contributed by atoms with Crippen molar-refractivity contribution in [2.45, 2.75) is 24.3 Å². The van der Waals surface area contributed by atoms with Crippen LogP contribution in [0.5, 0.6) is 0 Å². The molecular weight excluding hydrogens is 194 g/mol. The lowest BCUT2D eigenvalue weighted by molar-refractivity contribution is -0.143. The minimum atomic E-state index is -0.815. The highest BCUT2D eigenvalue weighted by Gasteiger charge is 2.55. The molecule has 0 spiro atoms. The minimum absolute atomic E-state index is 0.123. The van der Waals surface area contributed by atoms with E-state index in [1.54, 1.807) is 0 Å². The monoisotopic (exact) mass is 203 g/mol. The second-order valence-corrected chi connectivity index (χ2v) is 4.38. The quantitative estimate of drug-likeness (QED) is 0.546. The summed E-state index contributed by atoms with van der Waals surface area (Å²) in [4.78, 5) is 21.2. The molecule has 0 unspecified atom stereocenters. The van der Waals surface area contributed by atoms with Crippen molar-refractivity contribution in [1.29, 1.82) is 0 Å². The molecule has 2 aliphatic carbocycles. The number of nitrogens with zero attached hydrogens (tertiary/aromatic N) is 1. The lowest BCUT2D eigenvalue weighted by Gasteiger charge is -2.25. The van der Waals surface area contributed by atoms with E-state index in [9.17, 15) is 9.70 Å². The van der Waals surface area contributed by atoms with Crippen LogP contribution < -0.4 is 0 Å². The Kier molecular flexibility index (Phi) is 2.02. The smallest absolute Gasteiger partial charge is 0.306 e. The molecule has 2 aliphatic rings. The fourth-order valence-corrected chi connectivity index (χ4v) is 3.12. The number of alkyl halides is 1. The highest BCUT2D eigenvalue weighted by molar-refractivity contribution is 6.21. The van der Waals surface area contributed by atoms with Gasteiger partial charge in [0.25, 0.3) is 0 Å². The van der Waals surface area contributed by atoms with E-state index in [2.05, 4.69) is 5.18 Å². The second kappa shape index (κ2) is 2.94. The molecule has 0 amide bonds. The Morgan fingerprint density at radius 2 is 2.15 bits per heavy atom. The molecule has 0 saturated heterocycles. The van der Waals surface area contributed by atoms with Crippen LogP contribution in [0.1, 0.15) is 12.8 Å². The van der Waals surface area contributed by atoms with Crippen molar-refractivity contribution in [1.82, 2.24) is 0 Å². The van der Waals surface area contributed by atoms with Gasteiger partial charge in [-0.05, 0) is 24.7 Å². The normalized spacial score (nSPS) is 47.9. The van der Waals surface area contributed by atoms with Crippen LogP contribution >= 0.6 is 11.6 Å². The average molecular weight is 204 g/mol. The summed E-state index contributed by atoms with van der Waals surface area (Å²) in [6.45, 7) is 0. The number of rotatable bonds is 2. The Balaban J connectivity index is 2.19. The lowest BCUT2D eigenvalue weighted by Crippen LogP contribution is -2.35. The standard InChI is InChI=1S/C8H10ClNO3/c9-6-3-1-4(7(6)10-13)5(2-3)8(11)12/h3-7H,1-2H2,(H,11,12)/t3-,4+,5-,6-,7+/m0/s1. The van der Waals surface area contributed by atoms with Crippen LogP contribution in [-0.4, -0.2) is 22.5 Å². The van der Waals surface area contributed by atoms with Gasteiger partial charge in [0.05, 0.1) is 11.3 Å². The number of aliphatic carboxylic acids is 1. The zero-order chi connectivity index (χ0) is 9.59. The Morgan fingerprint density at radius 3 is 2.62 bits per heavy atom. The van der Waals surface area contributed by atoms with Gasteiger partial charge in [0.1, 0.15) is 6.04 Å². The zero-order valence-electron chi connectivity index (χ0n) is 6.89. The summed E-state index contributed by atoms with van der Waals surface area (Å²) in [6.07, 6.45) is 1.36. The van der Waals surface area contributed by atoms with E-state index in [4.69, 9.17) is 16.7 Å². The van der Waals surface area contributed by atoms with E-state index < -0.39 is 17.9 Å². The molecule has 0 radical (unpaired) electrons. The van der Waals surface area contributed by atoms with E-state index in [1.807, 2.05) is 0 Å². The summed E-state index contributed by atoms with van der Waals surface area (Å²) in [7, 11) is 0. The van der Waals surface area contributed by atoms with Gasteiger partial charge in [-0.1, -0.05) is 5.18 Å². The topological polar surface area (TPSA) is 66.7 Å². The van der Waals surface area contributed by atoms with E-state index in [1.165, 1.54) is 0 Å². The first-order valence-corrected chi connectivity index (χ1v) is 4.78. The Morgan fingerprint density at radius 1 is 1.46 bits per heavy atom. The number of carboxylic acid groups (broad SMARTS) is 1. The third-order valence-corrected chi connectivity index (χ3v) is 3.92. The van der Waals surface area contributed by atoms with Crippen molar-refractivity contribution in [3.8, 4) is 0 Å². The molecule has 1 N–H and O–H groups in total. The van der Waals surface area contributed by atoms with Crippen LogP contribution in [0.3, 0.4) is 0 Å². The number of fused-ring (bicyclic) bond motifs is 2. The van der Waals surface area contributed by atoms with Crippen LogP contribution in [0.2, 0.25) is 0 Å². The van der Waals surface area contributed by atoms with Gasteiger partial charge in [-0.2, -0.15) is 4.91 Å². The highest BCUT2D eigenvalue weighted by Crippen LogP contribution is 2.51. The van der Waals surface area contributed by atoms with Crippen molar-refractivity contribution in [2.75, 3.05) is 0 Å². The average Bonchev–Trinajstić information content (AvgIpc) is 2.60. The van der Waals surface area contributed by atoms with Crippen molar-refractivity contribution < 1.29 is 9.90 Å². The van der Waals surface area contributed by atoms with Crippen molar-refractivity contribution in [3.05, 3.63) is 4.91 Å². The van der Waals surface area contributed by atoms with Gasteiger partial charge in [-0.15, -0.1) is 11.6 Å². The van der Waals surface area contributed by atoms with Gasteiger partial charge in [0.15, 0.2) is 0 Å². The molecule has 13 heavy (non-hydrogen) atoms. The van der Waals surface area contributed by atoms with Crippen molar-refractivity contribution >= 4 is 17.6 Å². The molecule has 2 saturated carbocycles. The van der Waals surface area contributed by atoms with Gasteiger partial charge in [-0.3, -0.25) is 4.79 Å². The molecule has 0 aliphatic heterocycles. The van der Waals surface area contributed by atoms with Crippen LogP contribution in [0.25, 0.3) is 0 Å². The van der Waals surface area contributed by atoms with Crippen LogP contribution in [-0.2, 0) is 4.79 Å². The van der Waals surface area contributed by atoms with Gasteiger partial charge < -0.3 is 5.11 Å². The Bertz CT molecular complexity index is 256. The SMILES string of the molecule is O=N[C@H]1[C@@H](Cl)[C@H]2C[C@@H]1[C@@H](C(=O)O)C2. The maximum Gasteiger partial charge on any atom is 0.306 e. The minimum Gasteiger partial charge on any atom is -0.481 e. The van der Waals surface area contributed by atoms with Crippen LogP contribution in [0.15, 0.2) is 5.18 Å². The highest BCUT2D eigenvalue weighted by atomic mass is 35.5. The first kappa shape index (κ1) is 8.94. The fraction of sp³-hybridized carbons (Fsp3) is 0.875. The predicted molar refractivity (Wildman–Crippen MR) is 46.6 cm³/mol. The van der Waals surface area contributed by atoms with Gasteiger partial charge in [-0.25, -0.2) is 0 Å². The summed E-state index contributed by atoms with van der Waals surface area (Å²) in [5.74, 6) is -1.16.